The van der Waals surface area contributed by atoms with E-state index < -0.39 is 5.41 Å². The van der Waals surface area contributed by atoms with Crippen LogP contribution in [0.3, 0.4) is 0 Å². The lowest BCUT2D eigenvalue weighted by Gasteiger charge is -2.40. The van der Waals surface area contributed by atoms with Crippen molar-refractivity contribution in [3.8, 4) is 67.5 Å². The number of hydrogen-bond acceptors (Lipinski definition) is 4. The summed E-state index contributed by atoms with van der Waals surface area (Å²) in [4.78, 5) is 18.1. The maximum atomic E-state index is 5.25. The van der Waals surface area contributed by atoms with Crippen molar-refractivity contribution in [2.45, 2.75) is 34.5 Å². The Morgan fingerprint density at radius 1 is 0.339 bits per heavy atom. The summed E-state index contributed by atoms with van der Waals surface area (Å²) in [5.74, 6) is 1.97. The first-order chi connectivity index (χ1) is 29.0. The van der Waals surface area contributed by atoms with E-state index >= 15 is 0 Å². The molecule has 0 N–H and O–H groups in total. The van der Waals surface area contributed by atoms with Gasteiger partial charge in [0.05, 0.1) is 5.41 Å². The van der Waals surface area contributed by atoms with Crippen LogP contribution >= 0.6 is 11.8 Å². The van der Waals surface area contributed by atoms with Crippen molar-refractivity contribution in [2.75, 3.05) is 0 Å². The fraction of sp³-hybridized carbons (Fsp3) is 0.0727. The van der Waals surface area contributed by atoms with Crippen LogP contribution in [-0.2, 0) is 10.8 Å². The molecule has 4 heteroatoms. The minimum Gasteiger partial charge on any atom is -0.208 e. The van der Waals surface area contributed by atoms with Gasteiger partial charge in [0.25, 0.3) is 0 Å². The molecule has 0 saturated heterocycles. The van der Waals surface area contributed by atoms with Crippen molar-refractivity contribution in [1.29, 1.82) is 0 Å². The van der Waals surface area contributed by atoms with Crippen molar-refractivity contribution in [1.82, 2.24) is 15.0 Å². The molecule has 0 bridgehead atoms. The standard InChI is InChI=1S/C55H37N3S/c1-54(2)43-24-9-6-20-39(43)42-31-30-37(33-48(42)54)53-57-51(34-16-4-3-5-17-34)56-52(58-53)36-19-14-18-35(32-36)38-23-15-28-47-50(38)59-49-29-13-12-27-46(49)55(47)44-25-10-7-21-40(44)41-22-8-11-26-45(41)55/h3-33H,1-2H3. The zero-order chi connectivity index (χ0) is 39.3. The Hall–Kier alpha value is -6.88. The van der Waals surface area contributed by atoms with Crippen LogP contribution in [0.5, 0.6) is 0 Å². The Balaban J connectivity index is 1.03. The van der Waals surface area contributed by atoms with Crippen LogP contribution in [0.15, 0.2) is 198 Å². The highest BCUT2D eigenvalue weighted by molar-refractivity contribution is 7.99. The molecule has 1 aliphatic heterocycles. The summed E-state index contributed by atoms with van der Waals surface area (Å²) < 4.78 is 0. The lowest BCUT2D eigenvalue weighted by atomic mass is 9.67. The van der Waals surface area contributed by atoms with E-state index in [0.717, 1.165) is 22.3 Å². The molecule has 59 heavy (non-hydrogen) atoms. The molecule has 9 aromatic rings. The molecule has 2 heterocycles. The van der Waals surface area contributed by atoms with E-state index in [1.54, 1.807) is 0 Å². The van der Waals surface area contributed by atoms with Crippen molar-refractivity contribution in [2.24, 2.45) is 0 Å². The van der Waals surface area contributed by atoms with Crippen LogP contribution in [0.2, 0.25) is 0 Å². The SMILES string of the molecule is CC1(C)c2ccccc2-c2ccc(-c3nc(-c4ccccc4)nc(-c4cccc(-c5cccc6c5Sc5ccccc5C65c6ccccc6-c6ccccc65)c4)n3)cc21. The Kier molecular flexibility index (Phi) is 7.42. The zero-order valence-electron chi connectivity index (χ0n) is 32.6. The topological polar surface area (TPSA) is 38.7 Å². The molecule has 1 spiro atoms. The van der Waals surface area contributed by atoms with E-state index in [0.29, 0.717) is 17.5 Å². The van der Waals surface area contributed by atoms with Gasteiger partial charge in [-0.25, -0.2) is 15.0 Å². The molecule has 12 rings (SSSR count). The second-order valence-corrected chi connectivity index (χ2v) is 17.4. The molecule has 0 saturated carbocycles. The van der Waals surface area contributed by atoms with Crippen molar-refractivity contribution >= 4 is 11.8 Å². The minimum absolute atomic E-state index is 0.136. The molecule has 3 nitrogen and oxygen atoms in total. The fourth-order valence-electron chi connectivity index (χ4n) is 10.1. The largest absolute Gasteiger partial charge is 0.208 e. The molecule has 2 aliphatic carbocycles. The van der Waals surface area contributed by atoms with Gasteiger partial charge in [0.1, 0.15) is 0 Å². The van der Waals surface area contributed by atoms with Gasteiger partial charge < -0.3 is 0 Å². The number of benzene rings is 8. The lowest BCUT2D eigenvalue weighted by Crippen LogP contribution is -2.32. The molecule has 0 amide bonds. The predicted octanol–water partition coefficient (Wildman–Crippen LogP) is 13.7. The van der Waals surface area contributed by atoms with Crippen LogP contribution in [0, 0.1) is 0 Å². The highest BCUT2D eigenvalue weighted by Crippen LogP contribution is 2.63. The average Bonchev–Trinajstić information content (AvgIpc) is 3.72. The van der Waals surface area contributed by atoms with Gasteiger partial charge in [-0.05, 0) is 85.0 Å². The molecule has 0 unspecified atom stereocenters. The summed E-state index contributed by atoms with van der Waals surface area (Å²) in [6, 6.07) is 68.3. The number of fused-ring (bicyclic) bond motifs is 12. The highest BCUT2D eigenvalue weighted by Gasteiger charge is 2.50. The maximum absolute atomic E-state index is 5.25. The van der Waals surface area contributed by atoms with Gasteiger partial charge in [0.15, 0.2) is 17.5 Å². The monoisotopic (exact) mass is 771 g/mol. The van der Waals surface area contributed by atoms with E-state index in [4.69, 9.17) is 15.0 Å². The summed E-state index contributed by atoms with van der Waals surface area (Å²) in [6.45, 7) is 4.62. The normalized spacial score (nSPS) is 14.5. The number of nitrogens with zero attached hydrogens (tertiary/aromatic N) is 3. The summed E-state index contributed by atoms with van der Waals surface area (Å²) in [6.07, 6.45) is 0. The molecular weight excluding hydrogens is 735 g/mol. The molecule has 0 radical (unpaired) electrons. The summed E-state index contributed by atoms with van der Waals surface area (Å²) in [5.41, 5.74) is 17.8. The molecule has 0 atom stereocenters. The number of rotatable bonds is 4. The summed E-state index contributed by atoms with van der Waals surface area (Å²) >= 11 is 1.88. The van der Waals surface area contributed by atoms with E-state index in [1.165, 1.54) is 71.0 Å². The Morgan fingerprint density at radius 3 is 1.53 bits per heavy atom. The third-order valence-electron chi connectivity index (χ3n) is 12.8. The molecule has 278 valence electrons. The highest BCUT2D eigenvalue weighted by atomic mass is 32.2. The lowest BCUT2D eigenvalue weighted by molar-refractivity contribution is 0.660. The maximum Gasteiger partial charge on any atom is 0.164 e. The van der Waals surface area contributed by atoms with Crippen LogP contribution < -0.4 is 0 Å². The van der Waals surface area contributed by atoms with E-state index in [2.05, 4.69) is 184 Å². The number of hydrogen-bond donors (Lipinski definition) is 0. The van der Waals surface area contributed by atoms with E-state index in [9.17, 15) is 0 Å². The Labute approximate surface area is 348 Å². The first-order valence-corrected chi connectivity index (χ1v) is 21.1. The van der Waals surface area contributed by atoms with Crippen LogP contribution in [0.25, 0.3) is 67.5 Å². The van der Waals surface area contributed by atoms with Gasteiger partial charge in [-0.1, -0.05) is 195 Å². The molecule has 1 aromatic heterocycles. The van der Waals surface area contributed by atoms with Gasteiger partial charge in [0, 0.05) is 31.9 Å². The molecule has 0 fully saturated rings. The Morgan fingerprint density at radius 2 is 0.814 bits per heavy atom. The molecular formula is C55H37N3S. The molecule has 8 aromatic carbocycles. The van der Waals surface area contributed by atoms with Crippen LogP contribution in [0.4, 0.5) is 0 Å². The summed E-state index contributed by atoms with van der Waals surface area (Å²) in [5, 5.41) is 0. The van der Waals surface area contributed by atoms with Gasteiger partial charge in [-0.3, -0.25) is 0 Å². The predicted molar refractivity (Wildman–Crippen MR) is 241 cm³/mol. The van der Waals surface area contributed by atoms with Crippen LogP contribution in [0.1, 0.15) is 47.2 Å². The Bertz CT molecular complexity index is 3140. The third-order valence-corrected chi connectivity index (χ3v) is 14.0. The number of aromatic nitrogens is 3. The van der Waals surface area contributed by atoms with Crippen molar-refractivity contribution in [3.63, 3.8) is 0 Å². The third kappa shape index (κ3) is 4.93. The van der Waals surface area contributed by atoms with E-state index in [-0.39, 0.29) is 5.41 Å². The fourth-order valence-corrected chi connectivity index (χ4v) is 11.4. The van der Waals surface area contributed by atoms with Crippen molar-refractivity contribution in [3.05, 3.63) is 221 Å². The second kappa shape index (κ2) is 12.8. The van der Waals surface area contributed by atoms with Gasteiger partial charge in [-0.2, -0.15) is 0 Å². The molecule has 3 aliphatic rings. The first-order valence-electron chi connectivity index (χ1n) is 20.3. The quantitative estimate of drug-likeness (QED) is 0.179. The van der Waals surface area contributed by atoms with Gasteiger partial charge in [-0.15, -0.1) is 0 Å². The van der Waals surface area contributed by atoms with Crippen molar-refractivity contribution < 1.29 is 0 Å². The summed E-state index contributed by atoms with van der Waals surface area (Å²) in [7, 11) is 0. The average molecular weight is 772 g/mol. The van der Waals surface area contributed by atoms with Gasteiger partial charge in [0.2, 0.25) is 0 Å². The van der Waals surface area contributed by atoms with Crippen LogP contribution in [-0.4, -0.2) is 15.0 Å². The second-order valence-electron chi connectivity index (χ2n) is 16.3. The smallest absolute Gasteiger partial charge is 0.164 e. The minimum atomic E-state index is -0.433. The first kappa shape index (κ1) is 34.2. The van der Waals surface area contributed by atoms with Gasteiger partial charge >= 0.3 is 0 Å². The zero-order valence-corrected chi connectivity index (χ0v) is 33.5. The van der Waals surface area contributed by atoms with E-state index in [1.807, 2.05) is 30.0 Å².